The third-order valence-electron chi connectivity index (χ3n) is 4.94. The molecule has 2 aromatic rings. The van der Waals surface area contributed by atoms with Crippen molar-refractivity contribution in [3.8, 4) is 17.3 Å². The van der Waals surface area contributed by atoms with Crippen molar-refractivity contribution in [2.75, 3.05) is 11.6 Å². The van der Waals surface area contributed by atoms with Crippen LogP contribution >= 0.6 is 11.8 Å². The smallest absolute Gasteiger partial charge is 0.189 e. The number of nitrogens with one attached hydrogen (secondary N) is 1. The topological polar surface area (TPSA) is 61.6 Å². The van der Waals surface area contributed by atoms with Crippen molar-refractivity contribution in [1.82, 2.24) is 9.97 Å². The fraction of sp³-hybridized carbons (Fsp3) is 0.450. The summed E-state index contributed by atoms with van der Waals surface area (Å²) in [6, 6.07) is 10.9. The molecule has 130 valence electrons. The number of hydrogen-bond donors (Lipinski definition) is 1. The van der Waals surface area contributed by atoms with Crippen molar-refractivity contribution >= 4 is 17.6 Å². The summed E-state index contributed by atoms with van der Waals surface area (Å²) in [6.45, 7) is 4.33. The zero-order valence-electron chi connectivity index (χ0n) is 15.0. The van der Waals surface area contributed by atoms with Gasteiger partial charge in [0.25, 0.3) is 0 Å². The molecule has 1 N–H and O–H groups in total. The summed E-state index contributed by atoms with van der Waals surface area (Å²) >= 11 is 1.51. The Hall–Kier alpha value is -2.06. The molecule has 1 aliphatic rings. The molecule has 2 atom stereocenters. The van der Waals surface area contributed by atoms with Gasteiger partial charge in [-0.15, -0.1) is 0 Å². The van der Waals surface area contributed by atoms with Crippen LogP contribution < -0.4 is 5.32 Å². The molecule has 1 fully saturated rings. The maximum Gasteiger partial charge on any atom is 0.189 e. The summed E-state index contributed by atoms with van der Waals surface area (Å²) in [5.74, 6) is 1.27. The summed E-state index contributed by atoms with van der Waals surface area (Å²) in [6.07, 6.45) is 6.84. The van der Waals surface area contributed by atoms with Crippen LogP contribution in [0, 0.1) is 24.2 Å². The number of nitriles is 1. The first-order valence-electron chi connectivity index (χ1n) is 8.82. The number of anilines is 1. The number of benzene rings is 1. The lowest BCUT2D eigenvalue weighted by molar-refractivity contribution is 0.349. The van der Waals surface area contributed by atoms with E-state index >= 15 is 0 Å². The first-order chi connectivity index (χ1) is 12.1. The van der Waals surface area contributed by atoms with E-state index in [1.807, 2.05) is 30.5 Å². The van der Waals surface area contributed by atoms with Crippen LogP contribution in [0.5, 0.6) is 0 Å². The average molecular weight is 353 g/mol. The van der Waals surface area contributed by atoms with Crippen LogP contribution in [0.2, 0.25) is 0 Å². The van der Waals surface area contributed by atoms with Gasteiger partial charge >= 0.3 is 0 Å². The predicted octanol–water partition coefficient (Wildman–Crippen LogP) is 5.04. The molecule has 0 saturated heterocycles. The normalized spacial score (nSPS) is 20.1. The van der Waals surface area contributed by atoms with Gasteiger partial charge in [0.05, 0.1) is 5.69 Å². The van der Waals surface area contributed by atoms with Gasteiger partial charge in [0.1, 0.15) is 17.5 Å². The minimum atomic E-state index is 0.372. The molecule has 0 bridgehead atoms. The number of nitrogens with zero attached hydrogens (tertiary/aromatic N) is 3. The third kappa shape index (κ3) is 3.96. The highest BCUT2D eigenvalue weighted by atomic mass is 32.2. The van der Waals surface area contributed by atoms with Gasteiger partial charge < -0.3 is 5.32 Å². The molecule has 0 radical (unpaired) electrons. The number of rotatable bonds is 4. The zero-order chi connectivity index (χ0) is 17.8. The molecule has 1 saturated carbocycles. The largest absolute Gasteiger partial charge is 0.366 e. The standard InChI is InChI=1S/C20H24N4S/c1-13-8-10-15(11-9-13)18-16(12-21)19(24-20(23-18)25-3)22-17-7-5-4-6-14(17)2/h8-11,14,17H,4-7H2,1-3H3,(H,22,23,24)/t14-,17+/m1/s1. The van der Waals surface area contributed by atoms with Gasteiger partial charge in [-0.25, -0.2) is 9.97 Å². The second kappa shape index (κ2) is 7.88. The fourth-order valence-corrected chi connectivity index (χ4v) is 3.73. The van der Waals surface area contributed by atoms with E-state index in [0.717, 1.165) is 12.0 Å². The minimum Gasteiger partial charge on any atom is -0.366 e. The second-order valence-corrected chi connectivity index (χ2v) is 7.55. The Labute approximate surface area is 154 Å². The number of thioether (sulfide) groups is 1. The van der Waals surface area contributed by atoms with Crippen molar-refractivity contribution in [3.05, 3.63) is 35.4 Å². The molecule has 25 heavy (non-hydrogen) atoms. The zero-order valence-corrected chi connectivity index (χ0v) is 15.9. The van der Waals surface area contributed by atoms with Crippen LogP contribution in [0.4, 0.5) is 5.82 Å². The van der Waals surface area contributed by atoms with E-state index in [0.29, 0.717) is 34.2 Å². The number of aromatic nitrogens is 2. The van der Waals surface area contributed by atoms with E-state index < -0.39 is 0 Å². The van der Waals surface area contributed by atoms with E-state index in [4.69, 9.17) is 0 Å². The summed E-state index contributed by atoms with van der Waals surface area (Å²) in [4.78, 5) is 9.24. The summed E-state index contributed by atoms with van der Waals surface area (Å²) in [7, 11) is 0. The van der Waals surface area contributed by atoms with Crippen LogP contribution in [0.15, 0.2) is 29.4 Å². The first kappa shape index (κ1) is 17.8. The highest BCUT2D eigenvalue weighted by Crippen LogP contribution is 2.32. The predicted molar refractivity (Wildman–Crippen MR) is 104 cm³/mol. The van der Waals surface area contributed by atoms with Gasteiger partial charge in [0, 0.05) is 11.6 Å². The Bertz CT molecular complexity index is 780. The van der Waals surface area contributed by atoms with Crippen LogP contribution in [0.3, 0.4) is 0 Å². The number of hydrogen-bond acceptors (Lipinski definition) is 5. The molecular weight excluding hydrogens is 328 g/mol. The van der Waals surface area contributed by atoms with E-state index in [9.17, 15) is 5.26 Å². The van der Waals surface area contributed by atoms with Crippen molar-refractivity contribution < 1.29 is 0 Å². The van der Waals surface area contributed by atoms with Gasteiger partial charge in [-0.05, 0) is 31.9 Å². The molecule has 0 amide bonds. The van der Waals surface area contributed by atoms with Gasteiger partial charge in [0.2, 0.25) is 0 Å². The molecule has 4 nitrogen and oxygen atoms in total. The van der Waals surface area contributed by atoms with E-state index in [1.165, 1.54) is 36.6 Å². The van der Waals surface area contributed by atoms with Crippen LogP contribution in [-0.2, 0) is 0 Å². The molecule has 1 heterocycles. The molecule has 0 spiro atoms. The molecular formula is C20H24N4S. The fourth-order valence-electron chi connectivity index (χ4n) is 3.37. The van der Waals surface area contributed by atoms with E-state index in [-0.39, 0.29) is 0 Å². The SMILES string of the molecule is CSc1nc(N[C@H]2CCCC[C@H]2C)c(C#N)c(-c2ccc(C)cc2)n1. The lowest BCUT2D eigenvalue weighted by atomic mass is 9.86. The summed E-state index contributed by atoms with van der Waals surface area (Å²) < 4.78 is 0. The second-order valence-electron chi connectivity index (χ2n) is 6.77. The highest BCUT2D eigenvalue weighted by molar-refractivity contribution is 7.98. The van der Waals surface area contributed by atoms with Crippen LogP contribution in [-0.4, -0.2) is 22.3 Å². The van der Waals surface area contributed by atoms with Crippen molar-refractivity contribution in [2.45, 2.75) is 50.7 Å². The Morgan fingerprint density at radius 3 is 2.52 bits per heavy atom. The maximum atomic E-state index is 9.80. The van der Waals surface area contributed by atoms with Crippen LogP contribution in [0.25, 0.3) is 11.3 Å². The van der Waals surface area contributed by atoms with Crippen molar-refractivity contribution in [2.24, 2.45) is 5.92 Å². The van der Waals surface area contributed by atoms with E-state index in [1.54, 1.807) is 0 Å². The average Bonchev–Trinajstić information content (AvgIpc) is 2.63. The van der Waals surface area contributed by atoms with Gasteiger partial charge in [0.15, 0.2) is 5.16 Å². The molecule has 0 aliphatic heterocycles. The van der Waals surface area contributed by atoms with Crippen molar-refractivity contribution in [3.63, 3.8) is 0 Å². The lowest BCUT2D eigenvalue weighted by Gasteiger charge is -2.30. The third-order valence-corrected chi connectivity index (χ3v) is 5.49. The highest BCUT2D eigenvalue weighted by Gasteiger charge is 2.24. The molecule has 0 unspecified atom stereocenters. The molecule has 5 heteroatoms. The Morgan fingerprint density at radius 1 is 1.16 bits per heavy atom. The van der Waals surface area contributed by atoms with Gasteiger partial charge in [-0.2, -0.15) is 5.26 Å². The molecule has 1 aromatic heterocycles. The number of aryl methyl sites for hydroxylation is 1. The molecule has 1 aromatic carbocycles. The van der Waals surface area contributed by atoms with Crippen LogP contribution in [0.1, 0.15) is 43.7 Å². The van der Waals surface area contributed by atoms with Gasteiger partial charge in [-0.1, -0.05) is 61.4 Å². The Morgan fingerprint density at radius 2 is 1.88 bits per heavy atom. The monoisotopic (exact) mass is 352 g/mol. The van der Waals surface area contributed by atoms with Crippen molar-refractivity contribution in [1.29, 1.82) is 5.26 Å². The quantitative estimate of drug-likeness (QED) is 0.617. The Kier molecular flexibility index (Phi) is 5.60. The summed E-state index contributed by atoms with van der Waals surface area (Å²) in [5, 5.41) is 14.1. The first-order valence-corrected chi connectivity index (χ1v) is 10.0. The Balaban J connectivity index is 2.04. The minimum absolute atomic E-state index is 0.372. The van der Waals surface area contributed by atoms with Gasteiger partial charge in [-0.3, -0.25) is 0 Å². The molecule has 1 aliphatic carbocycles. The lowest BCUT2D eigenvalue weighted by Crippen LogP contribution is -2.31. The molecule has 3 rings (SSSR count). The maximum absolute atomic E-state index is 9.80. The van der Waals surface area contributed by atoms with E-state index in [2.05, 4.69) is 35.2 Å². The summed E-state index contributed by atoms with van der Waals surface area (Å²) in [5.41, 5.74) is 3.41.